The summed E-state index contributed by atoms with van der Waals surface area (Å²) in [6.07, 6.45) is 2.01. The molecule has 3 heterocycles. The summed E-state index contributed by atoms with van der Waals surface area (Å²) in [4.78, 5) is 37.2. The lowest BCUT2D eigenvalue weighted by Gasteiger charge is -2.32. The summed E-state index contributed by atoms with van der Waals surface area (Å²) in [5.41, 5.74) is 18.0. The van der Waals surface area contributed by atoms with E-state index in [9.17, 15) is 35.5 Å². The van der Waals surface area contributed by atoms with E-state index < -0.39 is 58.3 Å². The zero-order valence-electron chi connectivity index (χ0n) is 31.7. The predicted octanol–water partition coefficient (Wildman–Crippen LogP) is 2.22. The van der Waals surface area contributed by atoms with Crippen molar-refractivity contribution in [3.05, 3.63) is 77.7 Å². The molecule has 0 radical (unpaired) electrons. The van der Waals surface area contributed by atoms with Crippen molar-refractivity contribution in [3.63, 3.8) is 0 Å². The van der Waals surface area contributed by atoms with E-state index in [4.69, 9.17) is 31.8 Å². The Bertz CT molecular complexity index is 2910. The van der Waals surface area contributed by atoms with Gasteiger partial charge in [-0.25, -0.2) is 4.98 Å². The summed E-state index contributed by atoms with van der Waals surface area (Å²) in [6, 6.07) is 17.0. The number of nitrogens with zero attached hydrogens (tertiary/aromatic N) is 4. The van der Waals surface area contributed by atoms with E-state index in [-0.39, 0.29) is 64.2 Å². The number of aromatic nitrogens is 2. The number of amides is 2. The highest BCUT2D eigenvalue weighted by Crippen LogP contribution is 2.45. The molecule has 1 aromatic heterocycles. The first-order valence-corrected chi connectivity index (χ1v) is 21.2. The van der Waals surface area contributed by atoms with Crippen molar-refractivity contribution in [1.82, 2.24) is 19.8 Å². The number of fused-ring (bicyclic) bond motifs is 3. The smallest absolute Gasteiger partial charge is 0.304 e. The average Bonchev–Trinajstić information content (AvgIpc) is 3.17. The van der Waals surface area contributed by atoms with E-state index >= 15 is 0 Å². The SMILES string of the molecule is CN(CCCC(=O)N1CCC(COc2cccc3nc(N)nc(N)c23)CC1)C(=O)c1ccccc1-c1c2ccc(=[NH2+])c(S(=O)(=O)O)c-2oc2c(S(=O)(=O)O)c(N)ccc12. The van der Waals surface area contributed by atoms with Gasteiger partial charge in [-0.2, -0.15) is 21.8 Å². The molecule has 7 rings (SSSR count). The van der Waals surface area contributed by atoms with Crippen molar-refractivity contribution in [2.24, 2.45) is 5.92 Å². The Labute approximate surface area is 337 Å². The number of carbonyl (C=O) groups excluding carboxylic acids is 2. The van der Waals surface area contributed by atoms with Crippen LogP contribution in [0, 0.1) is 5.92 Å². The van der Waals surface area contributed by atoms with Gasteiger partial charge < -0.3 is 36.2 Å². The third kappa shape index (κ3) is 8.06. The molecule has 0 bridgehead atoms. The molecule has 18 nitrogen and oxygen atoms in total. The highest BCUT2D eigenvalue weighted by Gasteiger charge is 2.33. The van der Waals surface area contributed by atoms with Crippen LogP contribution in [-0.4, -0.2) is 90.8 Å². The number of anilines is 3. The fourth-order valence-electron chi connectivity index (χ4n) is 7.52. The first kappa shape index (κ1) is 40.8. The van der Waals surface area contributed by atoms with Gasteiger partial charge in [-0.15, -0.1) is 0 Å². The van der Waals surface area contributed by atoms with Gasteiger partial charge in [0.05, 0.1) is 23.2 Å². The van der Waals surface area contributed by atoms with E-state index in [0.717, 1.165) is 12.8 Å². The summed E-state index contributed by atoms with van der Waals surface area (Å²) in [5, 5.41) is 6.20. The highest BCUT2D eigenvalue weighted by atomic mass is 32.2. The third-order valence-corrected chi connectivity index (χ3v) is 12.2. The third-order valence-electron chi connectivity index (χ3n) is 10.4. The zero-order chi connectivity index (χ0) is 42.4. The normalized spacial score (nSPS) is 13.9. The Morgan fingerprint density at radius 3 is 2.34 bits per heavy atom. The molecule has 59 heavy (non-hydrogen) atoms. The van der Waals surface area contributed by atoms with Crippen molar-refractivity contribution in [2.45, 2.75) is 35.5 Å². The lowest BCUT2D eigenvalue weighted by molar-refractivity contribution is -0.176. The maximum atomic E-state index is 14.1. The molecule has 2 amide bonds. The van der Waals surface area contributed by atoms with Gasteiger partial charge in [0.1, 0.15) is 11.6 Å². The second-order valence-corrected chi connectivity index (χ2v) is 17.0. The Morgan fingerprint density at radius 2 is 1.63 bits per heavy atom. The van der Waals surface area contributed by atoms with Crippen molar-refractivity contribution >= 4 is 71.4 Å². The number of likely N-dealkylation sites (tertiary alicyclic amines) is 1. The number of nitrogen functional groups attached to an aromatic ring is 3. The largest absolute Gasteiger partial charge is 0.492 e. The van der Waals surface area contributed by atoms with Crippen LogP contribution in [0.4, 0.5) is 17.5 Å². The van der Waals surface area contributed by atoms with E-state index in [2.05, 4.69) is 9.97 Å². The Kier molecular flexibility index (Phi) is 10.9. The number of rotatable bonds is 11. The molecule has 0 spiro atoms. The van der Waals surface area contributed by atoms with Crippen LogP contribution >= 0.6 is 0 Å². The molecule has 0 atom stereocenters. The van der Waals surface area contributed by atoms with Crippen molar-refractivity contribution in [3.8, 4) is 28.2 Å². The summed E-state index contributed by atoms with van der Waals surface area (Å²) >= 11 is 0. The first-order valence-electron chi connectivity index (χ1n) is 18.4. The maximum absolute atomic E-state index is 14.1. The Morgan fingerprint density at radius 1 is 0.915 bits per heavy atom. The van der Waals surface area contributed by atoms with Crippen molar-refractivity contribution in [2.75, 3.05) is 50.5 Å². The standard InChI is InChI=1S/C39H40N8O10S2/c1-46(17-5-10-30(48)47-18-15-21(16-19-47)20-56-29-9-4-8-28-32(29)37(42)45-39(43)44-28)38(49)23-7-3-2-6-22(23)31-24-11-13-26(40)35(58(50,51)52)33(24)57-34-25(31)12-14-27(41)36(34)59(53,54)55/h2-4,6-9,11-14,21,40H,5,10,15-20,41H2,1H3,(H,50,51,52)(H,53,54,55)(H4,42,43,44,45)/p+1. The monoisotopic (exact) mass is 845 g/mol. The van der Waals surface area contributed by atoms with Crippen LogP contribution in [0.15, 0.2) is 80.9 Å². The van der Waals surface area contributed by atoms with Crippen LogP contribution in [0.5, 0.6) is 5.75 Å². The van der Waals surface area contributed by atoms with Gasteiger partial charge in [0.15, 0.2) is 16.2 Å². The van der Waals surface area contributed by atoms with E-state index in [1.54, 1.807) is 48.3 Å². The van der Waals surface area contributed by atoms with E-state index in [1.165, 1.54) is 35.2 Å². The molecule has 4 aromatic rings. The number of carbonyl (C=O) groups is 2. The number of ether oxygens (including phenoxy) is 1. The topological polar surface area (TPSA) is 301 Å². The van der Waals surface area contributed by atoms with Crippen LogP contribution in [0.25, 0.3) is 44.3 Å². The molecule has 1 saturated heterocycles. The van der Waals surface area contributed by atoms with Crippen LogP contribution in [0.3, 0.4) is 0 Å². The minimum atomic E-state index is -5.06. The molecule has 3 aromatic carbocycles. The van der Waals surface area contributed by atoms with Gasteiger partial charge in [0.2, 0.25) is 22.1 Å². The average molecular weight is 846 g/mol. The van der Waals surface area contributed by atoms with Crippen molar-refractivity contribution in [1.29, 1.82) is 0 Å². The molecule has 308 valence electrons. The van der Waals surface area contributed by atoms with Crippen LogP contribution in [-0.2, 0) is 25.0 Å². The van der Waals surface area contributed by atoms with Gasteiger partial charge >= 0.3 is 10.1 Å². The number of hydrogen-bond donors (Lipinski definition) is 6. The molecule has 0 unspecified atom stereocenters. The summed E-state index contributed by atoms with van der Waals surface area (Å²) in [5.74, 6) is 0.0406. The van der Waals surface area contributed by atoms with Gasteiger partial charge in [-0.3, -0.25) is 24.1 Å². The van der Waals surface area contributed by atoms with E-state index in [1.807, 2.05) is 0 Å². The Hall–Kier alpha value is -6.35. The number of nitrogens with two attached hydrogens (primary N) is 4. The molecule has 1 fully saturated rings. The molecule has 0 saturated carbocycles. The minimum Gasteiger partial charge on any atom is -0.492 e. The quantitative estimate of drug-likeness (QED) is 0.0619. The molecule has 20 heteroatoms. The summed E-state index contributed by atoms with van der Waals surface area (Å²) in [6.45, 7) is 1.72. The molecular weight excluding hydrogens is 805 g/mol. The molecule has 2 aliphatic heterocycles. The van der Waals surface area contributed by atoms with Gasteiger partial charge in [0, 0.05) is 61.2 Å². The molecule has 1 aliphatic carbocycles. The molecule has 3 aliphatic rings. The number of benzene rings is 4. The van der Waals surface area contributed by atoms with Gasteiger partial charge in [-0.1, -0.05) is 24.3 Å². The summed E-state index contributed by atoms with van der Waals surface area (Å²) in [7, 11) is -8.55. The first-order chi connectivity index (χ1) is 27.9. The number of piperidine rings is 1. The van der Waals surface area contributed by atoms with E-state index in [0.29, 0.717) is 42.8 Å². The maximum Gasteiger partial charge on any atom is 0.304 e. The fourth-order valence-corrected chi connectivity index (χ4v) is 9.02. The van der Waals surface area contributed by atoms with Gasteiger partial charge in [0.25, 0.3) is 16.0 Å². The second kappa shape index (κ2) is 15.8. The van der Waals surface area contributed by atoms with Gasteiger partial charge in [-0.05, 0) is 67.1 Å². The van der Waals surface area contributed by atoms with Crippen LogP contribution in [0.1, 0.15) is 36.0 Å². The second-order valence-electron chi connectivity index (χ2n) is 14.3. The minimum absolute atomic E-state index is 0.0454. The van der Waals surface area contributed by atoms with Crippen LogP contribution in [0.2, 0.25) is 0 Å². The Balaban J connectivity index is 1.06. The lowest BCUT2D eigenvalue weighted by Crippen LogP contribution is -2.47. The number of hydrogen-bond acceptors (Lipinski definition) is 13. The fraction of sp³-hybridized carbons (Fsp3) is 0.256. The highest BCUT2D eigenvalue weighted by molar-refractivity contribution is 7.86. The zero-order valence-corrected chi connectivity index (χ0v) is 33.3. The summed E-state index contributed by atoms with van der Waals surface area (Å²) < 4.78 is 82.6. The molecule has 10 N–H and O–H groups in total. The molecular formula is C39H41N8O10S2+. The predicted molar refractivity (Wildman–Crippen MR) is 217 cm³/mol. The van der Waals surface area contributed by atoms with Crippen LogP contribution < -0.4 is 32.7 Å². The van der Waals surface area contributed by atoms with Crippen molar-refractivity contribution < 1.29 is 50.1 Å². The lowest BCUT2D eigenvalue weighted by atomic mass is 9.90.